The Morgan fingerprint density at radius 2 is 1.69 bits per heavy atom. The second-order valence-electron chi connectivity index (χ2n) is 10.1. The highest BCUT2D eigenvalue weighted by Crippen LogP contribution is 2.36. The summed E-state index contributed by atoms with van der Waals surface area (Å²) in [4.78, 5) is 11.8. The second-order valence-corrected chi connectivity index (χ2v) is 10.1. The monoisotopic (exact) mass is 566 g/mol. The molecule has 0 amide bonds. The lowest BCUT2D eigenvalue weighted by Crippen LogP contribution is -2.52. The van der Waals surface area contributed by atoms with E-state index in [1.807, 2.05) is 36.4 Å². The van der Waals surface area contributed by atoms with Gasteiger partial charge in [0.25, 0.3) is 0 Å². The minimum atomic E-state index is -1.57. The normalized spacial score (nSPS) is 12.2. The predicted octanol–water partition coefficient (Wildman–Crippen LogP) is 5.63. The number of aliphatic hydroxyl groups excluding tert-OH is 1. The lowest BCUT2D eigenvalue weighted by atomic mass is 9.97. The molecule has 42 heavy (non-hydrogen) atoms. The third-order valence-corrected chi connectivity index (χ3v) is 7.18. The third-order valence-electron chi connectivity index (χ3n) is 7.18. The number of aliphatic hydroxyl groups is 1. The van der Waals surface area contributed by atoms with E-state index in [9.17, 15) is 20.3 Å². The molecule has 4 aromatic carbocycles. The minimum Gasteiger partial charge on any atom is -0.496 e. The van der Waals surface area contributed by atoms with Crippen LogP contribution in [0, 0.1) is 18.3 Å². The standard InChI is InChI=1S/C34H34N2O6/c1-23-27(13-8-14-29(23)26-11-5-4-6-12-26)21-41-28-16-31(40-3)30(19-36-34(2,22-37)33(38)39)32(17-28)42-20-25-10-7-9-24(15-25)18-35/h4-17,36-37H,19-22H2,1-3H3,(H,38,39). The van der Waals surface area contributed by atoms with Crippen LogP contribution in [0.1, 0.15) is 34.7 Å². The van der Waals surface area contributed by atoms with Crippen LogP contribution in [-0.2, 0) is 24.6 Å². The fourth-order valence-electron chi connectivity index (χ4n) is 4.47. The number of carboxylic acid groups (broad SMARTS) is 1. The Morgan fingerprint density at radius 3 is 2.38 bits per heavy atom. The van der Waals surface area contributed by atoms with Crippen LogP contribution in [0.5, 0.6) is 17.2 Å². The Morgan fingerprint density at radius 1 is 0.952 bits per heavy atom. The van der Waals surface area contributed by atoms with Gasteiger partial charge in [-0.1, -0.05) is 60.7 Å². The number of nitrogens with zero attached hydrogens (tertiary/aromatic N) is 1. The van der Waals surface area contributed by atoms with Crippen molar-refractivity contribution in [2.75, 3.05) is 13.7 Å². The summed E-state index contributed by atoms with van der Waals surface area (Å²) < 4.78 is 18.1. The molecule has 8 nitrogen and oxygen atoms in total. The number of ether oxygens (including phenoxy) is 3. The summed E-state index contributed by atoms with van der Waals surface area (Å²) in [5, 5.41) is 31.5. The van der Waals surface area contributed by atoms with Crippen molar-refractivity contribution in [3.8, 4) is 34.4 Å². The molecule has 0 heterocycles. The molecule has 0 fully saturated rings. The van der Waals surface area contributed by atoms with Gasteiger partial charge in [0, 0.05) is 18.7 Å². The molecule has 4 rings (SSSR count). The lowest BCUT2D eigenvalue weighted by Gasteiger charge is -2.25. The average molecular weight is 567 g/mol. The molecule has 1 atom stereocenters. The van der Waals surface area contributed by atoms with Gasteiger partial charge in [0.15, 0.2) is 0 Å². The van der Waals surface area contributed by atoms with Crippen LogP contribution >= 0.6 is 0 Å². The van der Waals surface area contributed by atoms with Gasteiger partial charge in [-0.25, -0.2) is 0 Å². The first kappa shape index (κ1) is 30.1. The molecule has 0 aromatic heterocycles. The summed E-state index contributed by atoms with van der Waals surface area (Å²) in [5.41, 5.74) is 4.69. The molecule has 1 unspecified atom stereocenters. The summed E-state index contributed by atoms with van der Waals surface area (Å²) in [5.74, 6) is 0.165. The molecule has 0 aliphatic carbocycles. The molecular formula is C34H34N2O6. The molecule has 0 saturated carbocycles. The first-order valence-corrected chi connectivity index (χ1v) is 13.5. The summed E-state index contributed by atoms with van der Waals surface area (Å²) in [6.45, 7) is 3.37. The first-order chi connectivity index (χ1) is 20.3. The molecule has 216 valence electrons. The molecule has 4 aromatic rings. The second kappa shape index (κ2) is 13.7. The van der Waals surface area contributed by atoms with Crippen molar-refractivity contribution in [1.82, 2.24) is 5.32 Å². The fraction of sp³-hybridized carbons (Fsp3) is 0.235. The van der Waals surface area contributed by atoms with Crippen molar-refractivity contribution in [3.63, 3.8) is 0 Å². The Labute approximate surface area is 245 Å². The number of carboxylic acids is 1. The van der Waals surface area contributed by atoms with E-state index in [1.165, 1.54) is 14.0 Å². The van der Waals surface area contributed by atoms with Gasteiger partial charge in [-0.2, -0.15) is 5.26 Å². The predicted molar refractivity (Wildman–Crippen MR) is 159 cm³/mol. The van der Waals surface area contributed by atoms with E-state index in [0.29, 0.717) is 35.0 Å². The smallest absolute Gasteiger partial charge is 0.326 e. The van der Waals surface area contributed by atoms with E-state index in [1.54, 1.807) is 30.3 Å². The summed E-state index contributed by atoms with van der Waals surface area (Å²) in [6, 6.07) is 29.0. The van der Waals surface area contributed by atoms with Gasteiger partial charge in [0.2, 0.25) is 0 Å². The Kier molecular flexibility index (Phi) is 9.81. The quantitative estimate of drug-likeness (QED) is 0.191. The molecule has 0 radical (unpaired) electrons. The number of rotatable bonds is 13. The Hall–Kier alpha value is -4.84. The van der Waals surface area contributed by atoms with Crippen LogP contribution in [0.2, 0.25) is 0 Å². The molecule has 0 aliphatic heterocycles. The van der Waals surface area contributed by atoms with Gasteiger partial charge >= 0.3 is 5.97 Å². The Bertz CT molecular complexity index is 1580. The van der Waals surface area contributed by atoms with Gasteiger partial charge in [-0.3, -0.25) is 10.1 Å². The van der Waals surface area contributed by atoms with Gasteiger partial charge in [0.1, 0.15) is 36.0 Å². The van der Waals surface area contributed by atoms with Crippen LogP contribution in [-0.4, -0.2) is 35.4 Å². The van der Waals surface area contributed by atoms with E-state index in [4.69, 9.17) is 14.2 Å². The maximum absolute atomic E-state index is 11.8. The number of benzene rings is 4. The van der Waals surface area contributed by atoms with Crippen LogP contribution in [0.3, 0.4) is 0 Å². The van der Waals surface area contributed by atoms with Crippen LogP contribution in [0.25, 0.3) is 11.1 Å². The van der Waals surface area contributed by atoms with Crippen LogP contribution < -0.4 is 19.5 Å². The van der Waals surface area contributed by atoms with Gasteiger partial charge in [0.05, 0.1) is 30.9 Å². The highest BCUT2D eigenvalue weighted by molar-refractivity contribution is 5.78. The van der Waals surface area contributed by atoms with Crippen molar-refractivity contribution in [2.45, 2.75) is 39.1 Å². The van der Waals surface area contributed by atoms with Crippen molar-refractivity contribution >= 4 is 5.97 Å². The lowest BCUT2D eigenvalue weighted by molar-refractivity contribution is -0.145. The number of carbonyl (C=O) groups is 1. The highest BCUT2D eigenvalue weighted by atomic mass is 16.5. The van der Waals surface area contributed by atoms with E-state index >= 15 is 0 Å². The zero-order valence-corrected chi connectivity index (χ0v) is 23.9. The zero-order valence-electron chi connectivity index (χ0n) is 23.9. The number of methoxy groups -OCH3 is 1. The van der Waals surface area contributed by atoms with Crippen LogP contribution in [0.15, 0.2) is 84.9 Å². The molecule has 0 aliphatic rings. The average Bonchev–Trinajstić information content (AvgIpc) is 3.02. The Balaban J connectivity index is 1.63. The van der Waals surface area contributed by atoms with E-state index < -0.39 is 18.1 Å². The molecule has 3 N–H and O–H groups in total. The summed E-state index contributed by atoms with van der Waals surface area (Å²) in [7, 11) is 1.51. The maximum atomic E-state index is 11.8. The van der Waals surface area contributed by atoms with Crippen molar-refractivity contribution in [2.24, 2.45) is 0 Å². The number of nitrogens with one attached hydrogen (secondary N) is 1. The van der Waals surface area contributed by atoms with Crippen molar-refractivity contribution in [1.29, 1.82) is 5.26 Å². The maximum Gasteiger partial charge on any atom is 0.326 e. The highest BCUT2D eigenvalue weighted by Gasteiger charge is 2.32. The van der Waals surface area contributed by atoms with E-state index in [-0.39, 0.29) is 13.2 Å². The summed E-state index contributed by atoms with van der Waals surface area (Å²) >= 11 is 0. The molecule has 0 spiro atoms. The van der Waals surface area contributed by atoms with Gasteiger partial charge in [-0.15, -0.1) is 0 Å². The SMILES string of the molecule is COc1cc(OCc2cccc(-c3ccccc3)c2C)cc(OCc2cccc(C#N)c2)c1CNC(C)(CO)C(=O)O. The first-order valence-electron chi connectivity index (χ1n) is 13.5. The van der Waals surface area contributed by atoms with E-state index in [0.717, 1.165) is 27.8 Å². The van der Waals surface area contributed by atoms with Crippen LogP contribution in [0.4, 0.5) is 0 Å². The number of hydrogen-bond donors (Lipinski definition) is 3. The number of nitriles is 1. The van der Waals surface area contributed by atoms with E-state index in [2.05, 4.69) is 36.5 Å². The van der Waals surface area contributed by atoms with Crippen molar-refractivity contribution < 1.29 is 29.2 Å². The van der Waals surface area contributed by atoms with Crippen molar-refractivity contribution in [3.05, 3.63) is 113 Å². The topological polar surface area (TPSA) is 121 Å². The third kappa shape index (κ3) is 7.07. The largest absolute Gasteiger partial charge is 0.496 e. The zero-order chi connectivity index (χ0) is 30.1. The summed E-state index contributed by atoms with van der Waals surface area (Å²) in [6.07, 6.45) is 0. The molecule has 8 heteroatoms. The minimum absolute atomic E-state index is 0.0403. The van der Waals surface area contributed by atoms with Gasteiger partial charge < -0.3 is 24.4 Å². The molecule has 0 bridgehead atoms. The number of hydrogen-bond acceptors (Lipinski definition) is 7. The fourth-order valence-corrected chi connectivity index (χ4v) is 4.47. The van der Waals surface area contributed by atoms with Gasteiger partial charge in [-0.05, 0) is 53.8 Å². The molecular weight excluding hydrogens is 532 g/mol. The number of aliphatic carboxylic acids is 1. The molecule has 0 saturated heterocycles.